The van der Waals surface area contributed by atoms with Crippen molar-refractivity contribution in [1.82, 2.24) is 0 Å². The Kier molecular flexibility index (Phi) is 11.8. The van der Waals surface area contributed by atoms with Gasteiger partial charge in [0.25, 0.3) is 0 Å². The van der Waals surface area contributed by atoms with Gasteiger partial charge in [-0.05, 0) is 175 Å². The molecule has 7 heteroatoms. The zero-order valence-electron chi connectivity index (χ0n) is 53.3. The van der Waals surface area contributed by atoms with Crippen LogP contribution >= 0.6 is 0 Å². The fraction of sp³-hybridized carbons (Fsp3) is 0.0909. The zero-order valence-corrected chi connectivity index (χ0v) is 53.3. The van der Waals surface area contributed by atoms with Crippen LogP contribution in [0.3, 0.4) is 0 Å². The highest BCUT2D eigenvalue weighted by Crippen LogP contribution is 2.47. The molecule has 0 saturated heterocycles. The molecule has 19 rings (SSSR count). The molecular weight excluding hydrogens is 1160 g/mol. The summed E-state index contributed by atoms with van der Waals surface area (Å²) in [5.74, 6) is 0. The minimum Gasteiger partial charge on any atom is -0.456 e. The van der Waals surface area contributed by atoms with Crippen LogP contribution in [0.5, 0.6) is 0 Å². The van der Waals surface area contributed by atoms with E-state index >= 15 is 0 Å². The minimum absolute atomic E-state index is 0.0728. The van der Waals surface area contributed by atoms with Gasteiger partial charge >= 0.3 is 0 Å². The van der Waals surface area contributed by atoms with Gasteiger partial charge in [0.15, 0.2) is 0 Å². The van der Waals surface area contributed by atoms with E-state index in [2.05, 4.69) is 318 Å². The SMILES string of the molecule is CC(C)(C)c1ccc(-c2ccc(N(c3ccc4c(c3)oc3cc5c(cc34)oc3cc4c(cc35)oc3cc(N(c5ccc(-c6ccc(C(C)(C)C)cc6)cc5)c5ccc6c(c5)oc5ccc7ccccc7c56)ccc34)c3ccc4c(c3)oc3ccc5ccccc5c34)cc2)cc1. The van der Waals surface area contributed by atoms with Crippen molar-refractivity contribution in [3.63, 3.8) is 0 Å². The van der Waals surface area contributed by atoms with E-state index in [-0.39, 0.29) is 10.8 Å². The predicted octanol–water partition coefficient (Wildman–Crippen LogP) is 26.4. The van der Waals surface area contributed by atoms with Crippen molar-refractivity contribution in [3.8, 4) is 22.3 Å². The largest absolute Gasteiger partial charge is 0.456 e. The van der Waals surface area contributed by atoms with Gasteiger partial charge in [-0.25, -0.2) is 0 Å². The molecule has 0 fully saturated rings. The lowest BCUT2D eigenvalue weighted by atomic mass is 9.86. The highest BCUT2D eigenvalue weighted by Gasteiger charge is 2.24. The fourth-order valence-corrected chi connectivity index (χ4v) is 14.7. The lowest BCUT2D eigenvalue weighted by Crippen LogP contribution is -2.10. The van der Waals surface area contributed by atoms with Crippen molar-refractivity contribution in [3.05, 3.63) is 278 Å². The van der Waals surface area contributed by atoms with Gasteiger partial charge in [-0.2, -0.15) is 0 Å². The Morgan fingerprint density at radius 3 is 0.832 bits per heavy atom. The molecule has 0 N–H and O–H groups in total. The molecule has 7 nitrogen and oxygen atoms in total. The van der Waals surface area contributed by atoms with Gasteiger partial charge in [0, 0.05) is 112 Å². The molecule has 0 bridgehead atoms. The van der Waals surface area contributed by atoms with Crippen LogP contribution in [0.4, 0.5) is 34.1 Å². The zero-order chi connectivity index (χ0) is 63.6. The first-order valence-corrected chi connectivity index (χ1v) is 32.7. The summed E-state index contributed by atoms with van der Waals surface area (Å²) >= 11 is 0. The molecule has 454 valence electrons. The number of fused-ring (bicyclic) bond motifs is 19. The monoisotopic (exact) mass is 1230 g/mol. The summed E-state index contributed by atoms with van der Waals surface area (Å²) in [7, 11) is 0. The Labute approximate surface area is 546 Å². The number of nitrogens with zero attached hydrogens (tertiary/aromatic N) is 2. The van der Waals surface area contributed by atoms with E-state index in [9.17, 15) is 0 Å². The van der Waals surface area contributed by atoms with E-state index in [4.69, 9.17) is 22.1 Å². The first-order valence-electron chi connectivity index (χ1n) is 32.7. The summed E-state index contributed by atoms with van der Waals surface area (Å²) in [6.07, 6.45) is 0. The third-order valence-corrected chi connectivity index (χ3v) is 19.8. The minimum atomic E-state index is 0.0728. The Hall–Kier alpha value is -11.8. The van der Waals surface area contributed by atoms with Crippen molar-refractivity contribution < 1.29 is 22.1 Å². The van der Waals surface area contributed by atoms with Gasteiger partial charge in [-0.3, -0.25) is 0 Å². The number of hydrogen-bond donors (Lipinski definition) is 0. The Bertz CT molecular complexity index is 5950. The molecule has 0 radical (unpaired) electrons. The van der Waals surface area contributed by atoms with E-state index in [1.54, 1.807) is 0 Å². The average molecular weight is 1230 g/mol. The van der Waals surface area contributed by atoms with Crippen LogP contribution in [-0.2, 0) is 10.8 Å². The molecule has 0 atom stereocenters. The van der Waals surface area contributed by atoms with E-state index in [1.165, 1.54) is 43.8 Å². The van der Waals surface area contributed by atoms with Crippen LogP contribution in [0.15, 0.2) is 289 Å². The van der Waals surface area contributed by atoms with Crippen LogP contribution < -0.4 is 9.80 Å². The van der Waals surface area contributed by atoms with Crippen LogP contribution in [0, 0.1) is 0 Å². The molecule has 14 aromatic carbocycles. The molecule has 0 saturated carbocycles. The van der Waals surface area contributed by atoms with Gasteiger partial charge in [0.2, 0.25) is 0 Å². The second kappa shape index (κ2) is 20.3. The normalized spacial score (nSPS) is 12.5. The lowest BCUT2D eigenvalue weighted by Gasteiger charge is -2.25. The van der Waals surface area contributed by atoms with Crippen molar-refractivity contribution in [1.29, 1.82) is 0 Å². The molecule has 0 aliphatic carbocycles. The summed E-state index contributed by atoms with van der Waals surface area (Å²) in [6, 6.07) is 95.7. The Morgan fingerprint density at radius 1 is 0.211 bits per heavy atom. The second-order valence-corrected chi connectivity index (χ2v) is 27.7. The standard InChI is InChI=1S/C88H62N2O5/c1-87(2,3)57-25-15-51(16-26-57)53-19-29-59(30-20-53)89(63-35-39-69-79(45-63)91-75-41-23-55-11-7-9-13-65(55)85(69)75)61-33-37-67-71-47-83-73(49-81(71)93-77(67)43-61)74-50-82-72(48-84(74)95-83)68-38-34-62(44-78(68)94-82)90(60-31-21-54(22-32-60)52-17-27-58(28-18-52)88(4,5)6)64-36-40-70-80(46-64)92-76-42-24-56-12-8-10-14-66(56)86(70)76/h7-50H,1-6H3. The van der Waals surface area contributed by atoms with Crippen molar-refractivity contribution in [2.75, 3.05) is 9.80 Å². The first-order chi connectivity index (χ1) is 46.3. The van der Waals surface area contributed by atoms with Crippen LogP contribution in [-0.4, -0.2) is 0 Å². The topological polar surface area (TPSA) is 72.2 Å². The summed E-state index contributed by atoms with van der Waals surface area (Å²) in [4.78, 5) is 4.58. The van der Waals surface area contributed by atoms with Gasteiger partial charge in [-0.15, -0.1) is 0 Å². The van der Waals surface area contributed by atoms with Gasteiger partial charge in [0.1, 0.15) is 55.8 Å². The number of anilines is 6. The number of benzene rings is 14. The lowest BCUT2D eigenvalue weighted by molar-refractivity contribution is 0.590. The summed E-state index contributed by atoms with van der Waals surface area (Å²) in [5, 5.41) is 15.0. The molecule has 95 heavy (non-hydrogen) atoms. The maximum Gasteiger partial charge on any atom is 0.137 e. The molecule has 0 spiro atoms. The number of rotatable bonds is 8. The van der Waals surface area contributed by atoms with Crippen LogP contribution in [0.1, 0.15) is 52.7 Å². The molecule has 19 aromatic rings. The summed E-state index contributed by atoms with van der Waals surface area (Å²) in [5.41, 5.74) is 21.3. The highest BCUT2D eigenvalue weighted by molar-refractivity contribution is 6.22. The van der Waals surface area contributed by atoms with E-state index in [0.717, 1.165) is 155 Å². The third kappa shape index (κ3) is 8.87. The summed E-state index contributed by atoms with van der Waals surface area (Å²) < 4.78 is 34.0. The fourth-order valence-electron chi connectivity index (χ4n) is 14.7. The molecular formula is C88H62N2O5. The van der Waals surface area contributed by atoms with Gasteiger partial charge < -0.3 is 31.9 Å². The summed E-state index contributed by atoms with van der Waals surface area (Å²) in [6.45, 7) is 13.5. The first kappa shape index (κ1) is 54.9. The smallest absolute Gasteiger partial charge is 0.137 e. The molecule has 0 aliphatic rings. The number of hydrogen-bond acceptors (Lipinski definition) is 7. The van der Waals surface area contributed by atoms with E-state index in [0.29, 0.717) is 0 Å². The molecule has 0 amide bonds. The van der Waals surface area contributed by atoms with Crippen molar-refractivity contribution >= 4 is 165 Å². The molecule has 0 unspecified atom stereocenters. The third-order valence-electron chi connectivity index (χ3n) is 19.8. The molecule has 5 aromatic heterocycles. The second-order valence-electron chi connectivity index (χ2n) is 27.7. The number of furan rings is 5. The van der Waals surface area contributed by atoms with Crippen LogP contribution in [0.2, 0.25) is 0 Å². The maximum atomic E-state index is 6.93. The van der Waals surface area contributed by atoms with Crippen molar-refractivity contribution in [2.24, 2.45) is 0 Å². The maximum absolute atomic E-state index is 6.93. The van der Waals surface area contributed by atoms with Crippen molar-refractivity contribution in [2.45, 2.75) is 52.4 Å². The van der Waals surface area contributed by atoms with Crippen LogP contribution in [0.25, 0.3) is 153 Å². The Balaban J connectivity index is 0.694. The molecule has 0 aliphatic heterocycles. The Morgan fingerprint density at radius 2 is 0.484 bits per heavy atom. The van der Waals surface area contributed by atoms with Gasteiger partial charge in [-0.1, -0.05) is 175 Å². The van der Waals surface area contributed by atoms with Gasteiger partial charge in [0.05, 0.1) is 0 Å². The average Bonchev–Trinajstić information content (AvgIpc) is 1.60. The van der Waals surface area contributed by atoms with E-state index in [1.807, 2.05) is 0 Å². The van der Waals surface area contributed by atoms with E-state index < -0.39 is 0 Å². The predicted molar refractivity (Wildman–Crippen MR) is 395 cm³/mol. The highest BCUT2D eigenvalue weighted by atomic mass is 16.3. The quantitative estimate of drug-likeness (QED) is 0.150. The molecule has 5 heterocycles.